The van der Waals surface area contributed by atoms with E-state index in [-0.39, 0.29) is 12.0 Å². The molecule has 0 bridgehead atoms. The van der Waals surface area contributed by atoms with Gasteiger partial charge in [-0.05, 0) is 25.7 Å². The smallest absolute Gasteiger partial charge is 0.332 e. The van der Waals surface area contributed by atoms with Crippen LogP contribution in [-0.4, -0.2) is 58.4 Å². The number of carbonyl (C=O) groups is 2. The molecule has 2 N–H and O–H groups in total. The highest BCUT2D eigenvalue weighted by atomic mass is 16.5. The van der Waals surface area contributed by atoms with Gasteiger partial charge in [-0.25, -0.2) is 4.79 Å². The topological polar surface area (TPSA) is 87.1 Å². The Kier molecular flexibility index (Phi) is 3.63. The lowest BCUT2D eigenvalue weighted by Gasteiger charge is -2.31. The van der Waals surface area contributed by atoms with Crippen molar-refractivity contribution in [1.29, 1.82) is 0 Å². The van der Waals surface area contributed by atoms with Crippen LogP contribution in [0, 0.1) is 0 Å². The molecule has 0 aromatic heterocycles. The molecule has 0 radical (unpaired) electrons. The third-order valence-electron chi connectivity index (χ3n) is 3.35. The Bertz CT molecular complexity index is 311. The minimum absolute atomic E-state index is 0.138. The van der Waals surface area contributed by atoms with Crippen LogP contribution in [0.2, 0.25) is 0 Å². The number of ether oxygens (including phenoxy) is 1. The van der Waals surface area contributed by atoms with Crippen LogP contribution in [0.3, 0.4) is 0 Å². The summed E-state index contributed by atoms with van der Waals surface area (Å²) in [5, 5.41) is 18.1. The van der Waals surface area contributed by atoms with Crippen molar-refractivity contribution in [3.05, 3.63) is 0 Å². The number of rotatable bonds is 2. The van der Waals surface area contributed by atoms with E-state index in [1.54, 1.807) is 4.90 Å². The lowest BCUT2D eigenvalue weighted by Crippen LogP contribution is -2.45. The summed E-state index contributed by atoms with van der Waals surface area (Å²) in [5.74, 6) is -1.14. The molecule has 2 atom stereocenters. The second-order valence-electron chi connectivity index (χ2n) is 4.59. The summed E-state index contributed by atoms with van der Waals surface area (Å²) < 4.78 is 5.21. The lowest BCUT2D eigenvalue weighted by atomic mass is 10.1. The Labute approximate surface area is 99.2 Å². The number of likely N-dealkylation sites (tertiary alicyclic amines) is 1. The molecular formula is C11H17NO5. The van der Waals surface area contributed by atoms with Crippen molar-refractivity contribution in [2.75, 3.05) is 13.1 Å². The number of carboxylic acid groups (broad SMARTS) is 1. The molecule has 2 saturated heterocycles. The maximum absolute atomic E-state index is 12.0. The van der Waals surface area contributed by atoms with Crippen molar-refractivity contribution in [3.63, 3.8) is 0 Å². The summed E-state index contributed by atoms with van der Waals surface area (Å²) in [6.07, 6.45) is 0.236. The van der Waals surface area contributed by atoms with E-state index in [9.17, 15) is 14.7 Å². The second kappa shape index (κ2) is 5.01. The highest BCUT2D eigenvalue weighted by molar-refractivity contribution is 5.82. The fourth-order valence-corrected chi connectivity index (χ4v) is 2.29. The zero-order valence-corrected chi connectivity index (χ0v) is 9.54. The van der Waals surface area contributed by atoms with Crippen molar-refractivity contribution in [3.8, 4) is 0 Å². The Hall–Kier alpha value is -1.14. The van der Waals surface area contributed by atoms with E-state index in [0.717, 1.165) is 0 Å². The van der Waals surface area contributed by atoms with Gasteiger partial charge in [0.05, 0.1) is 6.10 Å². The number of aliphatic hydroxyl groups is 1. The van der Waals surface area contributed by atoms with Crippen molar-refractivity contribution in [1.82, 2.24) is 4.90 Å². The summed E-state index contributed by atoms with van der Waals surface area (Å²) in [6.45, 7) is 1.05. The van der Waals surface area contributed by atoms with Gasteiger partial charge in [-0.2, -0.15) is 0 Å². The van der Waals surface area contributed by atoms with Gasteiger partial charge in [0.2, 0.25) is 0 Å². The third-order valence-corrected chi connectivity index (χ3v) is 3.35. The zero-order valence-electron chi connectivity index (χ0n) is 9.54. The van der Waals surface area contributed by atoms with Crippen LogP contribution >= 0.6 is 0 Å². The predicted molar refractivity (Wildman–Crippen MR) is 57.4 cm³/mol. The fourth-order valence-electron chi connectivity index (χ4n) is 2.29. The quantitative estimate of drug-likeness (QED) is 0.689. The molecule has 0 saturated carbocycles. The van der Waals surface area contributed by atoms with Gasteiger partial charge >= 0.3 is 5.97 Å². The number of nitrogens with zero attached hydrogens (tertiary/aromatic N) is 1. The first kappa shape index (κ1) is 12.3. The van der Waals surface area contributed by atoms with Crippen molar-refractivity contribution in [2.45, 2.75) is 44.0 Å². The molecule has 1 amide bonds. The largest absolute Gasteiger partial charge is 0.479 e. The molecule has 0 unspecified atom stereocenters. The maximum atomic E-state index is 12.0. The zero-order chi connectivity index (χ0) is 12.4. The predicted octanol–water partition coefficient (Wildman–Crippen LogP) is -0.398. The van der Waals surface area contributed by atoms with Gasteiger partial charge in [-0.15, -0.1) is 0 Å². The minimum Gasteiger partial charge on any atom is -0.479 e. The van der Waals surface area contributed by atoms with E-state index in [1.807, 2.05) is 0 Å². The van der Waals surface area contributed by atoms with Gasteiger partial charge in [0.25, 0.3) is 5.91 Å². The van der Waals surface area contributed by atoms with E-state index >= 15 is 0 Å². The number of aliphatic hydroxyl groups excluding tert-OH is 1. The van der Waals surface area contributed by atoms with Gasteiger partial charge in [-0.3, -0.25) is 4.79 Å². The Morgan fingerprint density at radius 3 is 2.18 bits per heavy atom. The van der Waals surface area contributed by atoms with Gasteiger partial charge < -0.3 is 19.8 Å². The van der Waals surface area contributed by atoms with Crippen LogP contribution in [0.1, 0.15) is 25.7 Å². The number of piperidine rings is 1. The molecular weight excluding hydrogens is 226 g/mol. The molecule has 17 heavy (non-hydrogen) atoms. The van der Waals surface area contributed by atoms with Gasteiger partial charge in [0.1, 0.15) is 6.10 Å². The Morgan fingerprint density at radius 1 is 1.06 bits per heavy atom. The van der Waals surface area contributed by atoms with E-state index in [2.05, 4.69) is 0 Å². The van der Waals surface area contributed by atoms with Crippen LogP contribution in [0.4, 0.5) is 0 Å². The highest BCUT2D eigenvalue weighted by Crippen LogP contribution is 2.23. The molecule has 6 heteroatoms. The molecule has 0 spiro atoms. The van der Waals surface area contributed by atoms with Gasteiger partial charge in [-0.1, -0.05) is 0 Å². The van der Waals surface area contributed by atoms with E-state index < -0.39 is 18.2 Å². The number of hydrogen-bond donors (Lipinski definition) is 2. The Morgan fingerprint density at radius 2 is 1.65 bits per heavy atom. The van der Waals surface area contributed by atoms with Crippen molar-refractivity contribution < 1.29 is 24.5 Å². The third kappa shape index (κ3) is 2.76. The monoisotopic (exact) mass is 243 g/mol. The molecule has 2 aliphatic rings. The standard InChI is InChI=1S/C11H17NO5/c13-7-3-5-12(6-4-7)10(14)8-1-2-9(17-8)11(15)16/h7-9,13H,1-6H2,(H,15,16)/t8-,9+/m0/s1. The van der Waals surface area contributed by atoms with Crippen LogP contribution < -0.4 is 0 Å². The van der Waals surface area contributed by atoms with E-state index in [4.69, 9.17) is 9.84 Å². The number of carboxylic acids is 1. The first-order valence-corrected chi connectivity index (χ1v) is 5.93. The summed E-state index contributed by atoms with van der Waals surface area (Å²) in [6, 6.07) is 0. The van der Waals surface area contributed by atoms with Gasteiger partial charge in [0.15, 0.2) is 6.10 Å². The average molecular weight is 243 g/mol. The van der Waals surface area contributed by atoms with Gasteiger partial charge in [0, 0.05) is 13.1 Å². The number of hydrogen-bond acceptors (Lipinski definition) is 4. The van der Waals surface area contributed by atoms with Crippen LogP contribution in [-0.2, 0) is 14.3 Å². The number of carbonyl (C=O) groups excluding carboxylic acids is 1. The maximum Gasteiger partial charge on any atom is 0.332 e. The van der Waals surface area contributed by atoms with E-state index in [1.165, 1.54) is 0 Å². The number of aliphatic carboxylic acids is 1. The fraction of sp³-hybridized carbons (Fsp3) is 0.818. The molecule has 2 aliphatic heterocycles. The first-order valence-electron chi connectivity index (χ1n) is 5.93. The lowest BCUT2D eigenvalue weighted by molar-refractivity contribution is -0.155. The van der Waals surface area contributed by atoms with E-state index in [0.29, 0.717) is 38.8 Å². The van der Waals surface area contributed by atoms with Crippen LogP contribution in [0.5, 0.6) is 0 Å². The minimum atomic E-state index is -1.01. The van der Waals surface area contributed by atoms with Crippen LogP contribution in [0.15, 0.2) is 0 Å². The van der Waals surface area contributed by atoms with Crippen molar-refractivity contribution >= 4 is 11.9 Å². The highest BCUT2D eigenvalue weighted by Gasteiger charge is 2.37. The molecule has 0 aromatic carbocycles. The first-order chi connectivity index (χ1) is 8.08. The molecule has 96 valence electrons. The molecule has 0 aromatic rings. The summed E-state index contributed by atoms with van der Waals surface area (Å²) in [7, 11) is 0. The summed E-state index contributed by atoms with van der Waals surface area (Å²) >= 11 is 0. The van der Waals surface area contributed by atoms with Crippen LogP contribution in [0.25, 0.3) is 0 Å². The molecule has 0 aliphatic carbocycles. The molecule has 2 heterocycles. The Balaban J connectivity index is 1.86. The molecule has 6 nitrogen and oxygen atoms in total. The summed E-state index contributed by atoms with van der Waals surface area (Å²) in [4.78, 5) is 24.4. The second-order valence-corrected chi connectivity index (χ2v) is 4.59. The summed E-state index contributed by atoms with van der Waals surface area (Å²) in [5.41, 5.74) is 0. The SMILES string of the molecule is O=C(O)[C@H]1CC[C@@H](C(=O)N2CCC(O)CC2)O1. The number of amides is 1. The average Bonchev–Trinajstić information content (AvgIpc) is 2.78. The molecule has 2 rings (SSSR count). The normalized spacial score (nSPS) is 30.5. The molecule has 2 fully saturated rings. The van der Waals surface area contributed by atoms with Crippen molar-refractivity contribution in [2.24, 2.45) is 0 Å².